The summed E-state index contributed by atoms with van der Waals surface area (Å²) in [5.74, 6) is 0. The zero-order chi connectivity index (χ0) is 38.7. The molecule has 4 heteroatoms. The van der Waals surface area contributed by atoms with Crippen LogP contribution < -0.4 is 9.80 Å². The maximum Gasteiger partial charge on any atom is 0.0887 e. The molecule has 0 amide bonds. The van der Waals surface area contributed by atoms with Crippen molar-refractivity contribution >= 4 is 67.1 Å². The first-order valence-corrected chi connectivity index (χ1v) is 20.1. The van der Waals surface area contributed by atoms with Crippen LogP contribution in [-0.2, 0) is 21.7 Å². The third kappa shape index (κ3) is 8.08. The molecule has 0 fully saturated rings. The van der Waals surface area contributed by atoms with Gasteiger partial charge in [-0.1, -0.05) is 143 Å². The second kappa shape index (κ2) is 14.0. The van der Waals surface area contributed by atoms with Crippen LogP contribution in [0.2, 0.25) is 5.02 Å². The Morgan fingerprint density at radius 3 is 1.19 bits per heavy atom. The molecule has 0 unspecified atom stereocenters. The Labute approximate surface area is 328 Å². The van der Waals surface area contributed by atoms with Gasteiger partial charge in [-0.2, -0.15) is 0 Å². The molecule has 1 aromatic heterocycles. The van der Waals surface area contributed by atoms with Crippen molar-refractivity contribution in [3.63, 3.8) is 0 Å². The average molecular weight is 742 g/mol. The third-order valence-electron chi connectivity index (χ3n) is 10.3. The molecule has 0 bridgehead atoms. The number of anilines is 6. The van der Waals surface area contributed by atoms with E-state index in [4.69, 9.17) is 11.6 Å². The molecular weight excluding hydrogens is 684 g/mol. The molecule has 0 aliphatic rings. The van der Waals surface area contributed by atoms with Crippen molar-refractivity contribution in [3.8, 4) is 0 Å². The molecule has 5 aromatic carbocycles. The predicted octanol–water partition coefficient (Wildman–Crippen LogP) is 16.0. The van der Waals surface area contributed by atoms with Crippen LogP contribution in [0.5, 0.6) is 0 Å². The minimum atomic E-state index is 0.0432. The number of thiophene rings is 1. The van der Waals surface area contributed by atoms with E-state index in [0.717, 1.165) is 39.7 Å². The van der Waals surface area contributed by atoms with Crippen LogP contribution in [0.25, 0.3) is 10.1 Å². The van der Waals surface area contributed by atoms with Gasteiger partial charge in [0, 0.05) is 32.5 Å². The normalized spacial score (nSPS) is 12.7. The quantitative estimate of drug-likeness (QED) is 0.168. The van der Waals surface area contributed by atoms with Crippen LogP contribution in [0.15, 0.2) is 109 Å². The maximum absolute atomic E-state index is 7.80. The molecule has 0 atom stereocenters. The summed E-state index contributed by atoms with van der Waals surface area (Å²) >= 11 is 9.60. The van der Waals surface area contributed by atoms with Gasteiger partial charge in [0.1, 0.15) is 0 Å². The van der Waals surface area contributed by atoms with E-state index >= 15 is 0 Å². The van der Waals surface area contributed by atoms with Crippen molar-refractivity contribution in [1.82, 2.24) is 0 Å². The topological polar surface area (TPSA) is 6.48 Å². The van der Waals surface area contributed by atoms with E-state index in [9.17, 15) is 0 Å². The molecule has 0 saturated carbocycles. The maximum atomic E-state index is 7.80. The fourth-order valence-corrected chi connectivity index (χ4v) is 8.12. The fourth-order valence-electron chi connectivity index (χ4n) is 6.88. The number of benzene rings is 5. The molecule has 0 aliphatic carbocycles. The standard InChI is InChI=1S/C49H57ClN2S/c1-32-28-41(51(37-21-14-33(15-22-37)46(2,3)4)38-23-16-34(17-24-38)47(5,6)7)45(50)42(29-32)52(39-25-18-35(19-26-39)48(8,9)10)43-31-53-44-30-36(49(11,12)13)20-27-40(43)44/h14-31H,1-13H3. The summed E-state index contributed by atoms with van der Waals surface area (Å²) in [6.07, 6.45) is 0. The van der Waals surface area contributed by atoms with E-state index in [1.54, 1.807) is 11.3 Å². The molecule has 6 aromatic rings. The fraction of sp³-hybridized carbons (Fsp3) is 0.347. The van der Waals surface area contributed by atoms with Gasteiger partial charge in [0.15, 0.2) is 0 Å². The van der Waals surface area contributed by atoms with Crippen LogP contribution >= 0.6 is 22.9 Å². The summed E-state index contributed by atoms with van der Waals surface area (Å²) in [6, 6.07) is 38.4. The largest absolute Gasteiger partial charge is 0.309 e. The summed E-state index contributed by atoms with van der Waals surface area (Å²) in [4.78, 5) is 4.68. The van der Waals surface area contributed by atoms with Gasteiger partial charge < -0.3 is 9.80 Å². The van der Waals surface area contributed by atoms with Crippen molar-refractivity contribution in [3.05, 3.63) is 141 Å². The number of hydrogen-bond acceptors (Lipinski definition) is 3. The molecule has 0 saturated heterocycles. The molecule has 6 rings (SSSR count). The van der Waals surface area contributed by atoms with Gasteiger partial charge in [0.2, 0.25) is 0 Å². The van der Waals surface area contributed by atoms with Crippen LogP contribution in [0, 0.1) is 6.92 Å². The van der Waals surface area contributed by atoms with Crippen LogP contribution in [0.4, 0.5) is 34.1 Å². The zero-order valence-electron chi connectivity index (χ0n) is 34.1. The first-order valence-electron chi connectivity index (χ1n) is 18.9. The van der Waals surface area contributed by atoms with Gasteiger partial charge in [0.25, 0.3) is 0 Å². The Hall–Kier alpha value is -4.05. The van der Waals surface area contributed by atoms with E-state index < -0.39 is 0 Å². The highest BCUT2D eigenvalue weighted by atomic mass is 35.5. The monoisotopic (exact) mass is 740 g/mol. The number of fused-ring (bicyclic) bond motifs is 1. The van der Waals surface area contributed by atoms with Crippen LogP contribution in [-0.4, -0.2) is 0 Å². The lowest BCUT2D eigenvalue weighted by atomic mass is 9.86. The third-order valence-corrected chi connectivity index (χ3v) is 11.6. The first kappa shape index (κ1) is 38.7. The zero-order valence-corrected chi connectivity index (χ0v) is 35.6. The lowest BCUT2D eigenvalue weighted by Gasteiger charge is -2.32. The summed E-state index contributed by atoms with van der Waals surface area (Å²) in [5, 5.41) is 4.21. The summed E-state index contributed by atoms with van der Waals surface area (Å²) in [5.41, 5.74) is 12.8. The van der Waals surface area contributed by atoms with Gasteiger partial charge in [0.05, 0.1) is 22.1 Å². The van der Waals surface area contributed by atoms with Gasteiger partial charge in [-0.15, -0.1) is 11.3 Å². The first-order chi connectivity index (χ1) is 24.6. The van der Waals surface area contributed by atoms with E-state index in [0.29, 0.717) is 5.02 Å². The van der Waals surface area contributed by atoms with Crippen molar-refractivity contribution in [2.75, 3.05) is 9.80 Å². The Kier molecular flexibility index (Phi) is 10.2. The summed E-state index contributed by atoms with van der Waals surface area (Å²) in [6.45, 7) is 29.4. The highest BCUT2D eigenvalue weighted by Gasteiger charge is 2.27. The number of aryl methyl sites for hydroxylation is 1. The molecule has 0 N–H and O–H groups in total. The van der Waals surface area contributed by atoms with Crippen molar-refractivity contribution in [2.45, 2.75) is 112 Å². The molecule has 0 aliphatic heterocycles. The molecular formula is C49H57ClN2S. The van der Waals surface area contributed by atoms with Gasteiger partial charge in [-0.3, -0.25) is 0 Å². The second-order valence-corrected chi connectivity index (χ2v) is 20.0. The number of halogens is 1. The van der Waals surface area contributed by atoms with Crippen molar-refractivity contribution in [1.29, 1.82) is 0 Å². The SMILES string of the molecule is Cc1cc(N(c2ccc(C(C)(C)C)cc2)c2ccc(C(C)(C)C)cc2)c(Cl)c(N(c2ccc(C(C)(C)C)cc2)c2csc3cc(C(C)(C)C)ccc23)c1. The minimum Gasteiger partial charge on any atom is -0.309 e. The van der Waals surface area contributed by atoms with E-state index in [2.05, 4.69) is 208 Å². The van der Waals surface area contributed by atoms with E-state index in [1.165, 1.54) is 32.3 Å². The Bertz CT molecular complexity index is 2160. The van der Waals surface area contributed by atoms with Crippen molar-refractivity contribution in [2.24, 2.45) is 0 Å². The molecule has 53 heavy (non-hydrogen) atoms. The molecule has 0 radical (unpaired) electrons. The van der Waals surface area contributed by atoms with Crippen LogP contribution in [0.1, 0.15) is 111 Å². The number of hydrogen-bond donors (Lipinski definition) is 0. The number of rotatable bonds is 6. The Morgan fingerprint density at radius 2 is 0.792 bits per heavy atom. The predicted molar refractivity (Wildman–Crippen MR) is 236 cm³/mol. The number of nitrogens with zero attached hydrogens (tertiary/aromatic N) is 2. The second-order valence-electron chi connectivity index (χ2n) is 18.8. The Balaban J connectivity index is 1.59. The molecule has 276 valence electrons. The highest BCUT2D eigenvalue weighted by molar-refractivity contribution is 7.17. The Morgan fingerprint density at radius 1 is 0.434 bits per heavy atom. The van der Waals surface area contributed by atoms with E-state index in [1.807, 2.05) is 0 Å². The average Bonchev–Trinajstić information content (AvgIpc) is 3.49. The van der Waals surface area contributed by atoms with E-state index in [-0.39, 0.29) is 21.7 Å². The summed E-state index contributed by atoms with van der Waals surface area (Å²) < 4.78 is 1.27. The smallest absolute Gasteiger partial charge is 0.0887 e. The molecule has 0 spiro atoms. The molecule has 1 heterocycles. The van der Waals surface area contributed by atoms with Crippen molar-refractivity contribution < 1.29 is 0 Å². The lowest BCUT2D eigenvalue weighted by molar-refractivity contribution is 0.590. The summed E-state index contributed by atoms with van der Waals surface area (Å²) in [7, 11) is 0. The van der Waals surface area contributed by atoms with Gasteiger partial charge >= 0.3 is 0 Å². The minimum absolute atomic E-state index is 0.0432. The highest BCUT2D eigenvalue weighted by Crippen LogP contribution is 2.50. The molecule has 2 nitrogen and oxygen atoms in total. The van der Waals surface area contributed by atoms with Crippen LogP contribution in [0.3, 0.4) is 0 Å². The lowest BCUT2D eigenvalue weighted by Crippen LogP contribution is -2.16. The van der Waals surface area contributed by atoms with Gasteiger partial charge in [-0.05, 0) is 111 Å². The van der Waals surface area contributed by atoms with Gasteiger partial charge in [-0.25, -0.2) is 0 Å².